The van der Waals surface area contributed by atoms with Gasteiger partial charge in [-0.05, 0) is 38.1 Å². The van der Waals surface area contributed by atoms with Crippen LogP contribution in [0.2, 0.25) is 0 Å². The summed E-state index contributed by atoms with van der Waals surface area (Å²) in [4.78, 5) is 26.0. The van der Waals surface area contributed by atoms with Crippen LogP contribution in [0.1, 0.15) is 22.7 Å². The SMILES string of the molecule is Cc1ccc(-c2cc(C(=O)NCCCN3CCOCC3)n(-c3cccc([N+](=O)[O-])c3)n2)o1. The zero-order valence-electron chi connectivity index (χ0n) is 17.8. The number of aryl methyl sites for hydroxylation is 1. The summed E-state index contributed by atoms with van der Waals surface area (Å²) in [5.41, 5.74) is 1.10. The number of nitrogens with one attached hydrogen (secondary N) is 1. The molecular formula is C22H25N5O5. The molecule has 0 spiro atoms. The van der Waals surface area contributed by atoms with E-state index in [1.165, 1.54) is 16.8 Å². The lowest BCUT2D eigenvalue weighted by atomic mass is 10.2. The first-order valence-corrected chi connectivity index (χ1v) is 10.5. The molecule has 10 heteroatoms. The number of nitro benzene ring substituents is 1. The van der Waals surface area contributed by atoms with Gasteiger partial charge in [0.1, 0.15) is 17.1 Å². The second-order valence-corrected chi connectivity index (χ2v) is 7.58. The minimum absolute atomic E-state index is 0.0785. The molecule has 0 unspecified atom stereocenters. The molecule has 1 aliphatic heterocycles. The van der Waals surface area contributed by atoms with Gasteiger partial charge in [0.15, 0.2) is 5.76 Å². The van der Waals surface area contributed by atoms with Crippen LogP contribution in [0.4, 0.5) is 5.69 Å². The molecule has 1 fully saturated rings. The van der Waals surface area contributed by atoms with Gasteiger partial charge in [0.25, 0.3) is 11.6 Å². The summed E-state index contributed by atoms with van der Waals surface area (Å²) in [6.07, 6.45) is 0.806. The van der Waals surface area contributed by atoms with E-state index < -0.39 is 4.92 Å². The number of nitrogens with zero attached hydrogens (tertiary/aromatic N) is 4. The average Bonchev–Trinajstić information content (AvgIpc) is 3.44. The number of carbonyl (C=O) groups is 1. The number of ether oxygens (including phenoxy) is 1. The Labute approximate surface area is 184 Å². The van der Waals surface area contributed by atoms with Crippen molar-refractivity contribution in [2.75, 3.05) is 39.4 Å². The molecule has 3 heterocycles. The molecule has 0 aliphatic carbocycles. The van der Waals surface area contributed by atoms with Gasteiger partial charge in [0, 0.05) is 37.8 Å². The Morgan fingerprint density at radius 1 is 1.22 bits per heavy atom. The lowest BCUT2D eigenvalue weighted by Gasteiger charge is -2.26. The molecule has 1 saturated heterocycles. The first-order chi connectivity index (χ1) is 15.5. The van der Waals surface area contributed by atoms with E-state index in [1.807, 2.05) is 13.0 Å². The van der Waals surface area contributed by atoms with Gasteiger partial charge < -0.3 is 14.5 Å². The van der Waals surface area contributed by atoms with Crippen molar-refractivity contribution < 1.29 is 18.9 Å². The molecule has 1 aliphatic rings. The molecule has 0 radical (unpaired) electrons. The van der Waals surface area contributed by atoms with Crippen molar-refractivity contribution in [3.63, 3.8) is 0 Å². The van der Waals surface area contributed by atoms with Gasteiger partial charge in [0.2, 0.25) is 0 Å². The van der Waals surface area contributed by atoms with Crippen molar-refractivity contribution in [2.45, 2.75) is 13.3 Å². The van der Waals surface area contributed by atoms with E-state index in [-0.39, 0.29) is 17.3 Å². The molecule has 1 N–H and O–H groups in total. The summed E-state index contributed by atoms with van der Waals surface area (Å²) in [6.45, 7) is 6.49. The third kappa shape index (κ3) is 5.04. The van der Waals surface area contributed by atoms with Crippen molar-refractivity contribution in [1.82, 2.24) is 20.0 Å². The van der Waals surface area contributed by atoms with Crippen molar-refractivity contribution in [2.24, 2.45) is 0 Å². The van der Waals surface area contributed by atoms with Gasteiger partial charge in [-0.1, -0.05) is 6.07 Å². The number of carbonyl (C=O) groups excluding carboxylic acids is 1. The molecular weight excluding hydrogens is 414 g/mol. The van der Waals surface area contributed by atoms with E-state index in [2.05, 4.69) is 15.3 Å². The maximum absolute atomic E-state index is 13.0. The first kappa shape index (κ1) is 21.7. The van der Waals surface area contributed by atoms with Crippen molar-refractivity contribution in [1.29, 1.82) is 0 Å². The van der Waals surface area contributed by atoms with Crippen molar-refractivity contribution in [3.8, 4) is 17.1 Å². The fraction of sp³-hybridized carbons (Fsp3) is 0.364. The molecule has 0 saturated carbocycles. The van der Waals surface area contributed by atoms with E-state index in [0.717, 1.165) is 45.0 Å². The second kappa shape index (κ2) is 9.75. The zero-order valence-corrected chi connectivity index (χ0v) is 17.8. The highest BCUT2D eigenvalue weighted by Gasteiger charge is 2.20. The van der Waals surface area contributed by atoms with Gasteiger partial charge in [-0.25, -0.2) is 4.68 Å². The Morgan fingerprint density at radius 3 is 2.75 bits per heavy atom. The monoisotopic (exact) mass is 439 g/mol. The third-order valence-corrected chi connectivity index (χ3v) is 5.26. The summed E-state index contributed by atoms with van der Waals surface area (Å²) in [6, 6.07) is 11.2. The fourth-order valence-electron chi connectivity index (χ4n) is 3.59. The summed E-state index contributed by atoms with van der Waals surface area (Å²) < 4.78 is 12.4. The van der Waals surface area contributed by atoms with Gasteiger partial charge in [-0.3, -0.25) is 19.8 Å². The number of rotatable bonds is 8. The quantitative estimate of drug-likeness (QED) is 0.326. The minimum Gasteiger partial charge on any atom is -0.460 e. The highest BCUT2D eigenvalue weighted by atomic mass is 16.6. The van der Waals surface area contributed by atoms with Gasteiger partial charge >= 0.3 is 0 Å². The largest absolute Gasteiger partial charge is 0.460 e. The predicted octanol–water partition coefficient (Wildman–Crippen LogP) is 2.80. The average molecular weight is 439 g/mol. The number of hydrogen-bond acceptors (Lipinski definition) is 7. The lowest BCUT2D eigenvalue weighted by Crippen LogP contribution is -2.38. The van der Waals surface area contributed by atoms with Crippen LogP contribution in [0.15, 0.2) is 46.9 Å². The smallest absolute Gasteiger partial charge is 0.271 e. The summed E-state index contributed by atoms with van der Waals surface area (Å²) in [5, 5.41) is 18.6. The Bertz CT molecular complexity index is 1100. The van der Waals surface area contributed by atoms with E-state index in [4.69, 9.17) is 9.15 Å². The normalized spacial score (nSPS) is 14.4. The van der Waals surface area contributed by atoms with E-state index >= 15 is 0 Å². The van der Waals surface area contributed by atoms with Crippen LogP contribution >= 0.6 is 0 Å². The van der Waals surface area contributed by atoms with Crippen LogP contribution in [-0.2, 0) is 4.74 Å². The molecule has 1 amide bonds. The molecule has 3 aromatic rings. The highest BCUT2D eigenvalue weighted by Crippen LogP contribution is 2.25. The maximum atomic E-state index is 13.0. The van der Waals surface area contributed by atoms with Gasteiger partial charge in [-0.15, -0.1) is 0 Å². The molecule has 2 aromatic heterocycles. The number of nitro groups is 1. The number of aromatic nitrogens is 2. The summed E-state index contributed by atoms with van der Waals surface area (Å²) >= 11 is 0. The van der Waals surface area contributed by atoms with Crippen LogP contribution in [0.3, 0.4) is 0 Å². The molecule has 32 heavy (non-hydrogen) atoms. The number of amides is 1. The summed E-state index contributed by atoms with van der Waals surface area (Å²) in [7, 11) is 0. The van der Waals surface area contributed by atoms with Crippen LogP contribution in [0, 0.1) is 17.0 Å². The van der Waals surface area contributed by atoms with Crippen molar-refractivity contribution in [3.05, 3.63) is 64.0 Å². The fourth-order valence-corrected chi connectivity index (χ4v) is 3.59. The molecule has 4 rings (SSSR count). The molecule has 1 aromatic carbocycles. The number of non-ortho nitro benzene ring substituents is 1. The number of morpholine rings is 1. The van der Waals surface area contributed by atoms with E-state index in [9.17, 15) is 14.9 Å². The Hall–Kier alpha value is -3.50. The maximum Gasteiger partial charge on any atom is 0.271 e. The van der Waals surface area contributed by atoms with Crippen LogP contribution < -0.4 is 5.32 Å². The predicted molar refractivity (Wildman–Crippen MR) is 117 cm³/mol. The molecule has 0 atom stereocenters. The number of furan rings is 1. The molecule has 168 valence electrons. The Morgan fingerprint density at radius 2 is 2.03 bits per heavy atom. The Kier molecular flexibility index (Phi) is 6.62. The lowest BCUT2D eigenvalue weighted by molar-refractivity contribution is -0.384. The van der Waals surface area contributed by atoms with Crippen LogP contribution in [0.5, 0.6) is 0 Å². The number of benzene rings is 1. The third-order valence-electron chi connectivity index (χ3n) is 5.26. The second-order valence-electron chi connectivity index (χ2n) is 7.58. The summed E-state index contributed by atoms with van der Waals surface area (Å²) in [5.74, 6) is 0.938. The first-order valence-electron chi connectivity index (χ1n) is 10.5. The topological polar surface area (TPSA) is 116 Å². The number of hydrogen-bond donors (Lipinski definition) is 1. The zero-order chi connectivity index (χ0) is 22.5. The molecule has 10 nitrogen and oxygen atoms in total. The minimum atomic E-state index is -0.477. The van der Waals surface area contributed by atoms with Crippen molar-refractivity contribution >= 4 is 11.6 Å². The van der Waals surface area contributed by atoms with E-state index in [1.54, 1.807) is 24.3 Å². The Balaban J connectivity index is 1.54. The van der Waals surface area contributed by atoms with Gasteiger partial charge in [0.05, 0.1) is 23.8 Å². The standard InChI is InChI=1S/C22H25N5O5/c1-16-6-7-21(32-16)19-15-20(22(28)23-8-3-9-25-10-12-31-13-11-25)26(24-19)17-4-2-5-18(14-17)27(29)30/h2,4-7,14-15H,3,8-13H2,1H3,(H,23,28). The van der Waals surface area contributed by atoms with Gasteiger partial charge in [-0.2, -0.15) is 5.10 Å². The highest BCUT2D eigenvalue weighted by molar-refractivity contribution is 5.94. The van der Waals surface area contributed by atoms with Crippen LogP contribution in [0.25, 0.3) is 17.1 Å². The van der Waals surface area contributed by atoms with E-state index in [0.29, 0.717) is 23.7 Å². The van der Waals surface area contributed by atoms with Crippen LogP contribution in [-0.4, -0.2) is 64.9 Å². The molecule has 0 bridgehead atoms.